The largest absolute Gasteiger partial charge is 0.381 e. The molecule has 1 aromatic rings. The maximum atomic E-state index is 5.56. The van der Waals surface area contributed by atoms with Crippen LogP contribution in [0.3, 0.4) is 0 Å². The Labute approximate surface area is 140 Å². The quantitative estimate of drug-likeness (QED) is 0.352. The fourth-order valence-corrected chi connectivity index (χ4v) is 2.10. The van der Waals surface area contributed by atoms with Gasteiger partial charge < -0.3 is 15.4 Å². The van der Waals surface area contributed by atoms with Gasteiger partial charge in [0.2, 0.25) is 0 Å². The molecule has 0 amide bonds. The van der Waals surface area contributed by atoms with Gasteiger partial charge in [0.15, 0.2) is 5.96 Å². The lowest BCUT2D eigenvalue weighted by Gasteiger charge is -2.13. The molecule has 0 saturated heterocycles. The smallest absolute Gasteiger partial charge is 0.191 e. The van der Waals surface area contributed by atoms with Gasteiger partial charge in [0.05, 0.1) is 0 Å². The Morgan fingerprint density at radius 3 is 2.78 bits per heavy atom. The Morgan fingerprint density at radius 2 is 2.09 bits per heavy atom. The van der Waals surface area contributed by atoms with E-state index >= 15 is 0 Å². The zero-order chi connectivity index (χ0) is 16.8. The van der Waals surface area contributed by atoms with Crippen molar-refractivity contribution in [1.82, 2.24) is 20.4 Å². The van der Waals surface area contributed by atoms with Crippen LogP contribution in [0.2, 0.25) is 0 Å². The maximum Gasteiger partial charge on any atom is 0.191 e. The van der Waals surface area contributed by atoms with Crippen LogP contribution in [0, 0.1) is 5.92 Å². The number of rotatable bonds is 12. The van der Waals surface area contributed by atoms with Crippen molar-refractivity contribution in [3.63, 3.8) is 0 Å². The summed E-state index contributed by atoms with van der Waals surface area (Å²) in [5, 5.41) is 10.9. The van der Waals surface area contributed by atoms with E-state index in [4.69, 9.17) is 4.74 Å². The minimum atomic E-state index is 0.447. The van der Waals surface area contributed by atoms with Crippen molar-refractivity contribution in [3.8, 4) is 0 Å². The number of guanidine groups is 1. The first-order valence-electron chi connectivity index (χ1n) is 8.83. The second-order valence-electron chi connectivity index (χ2n) is 5.80. The first-order chi connectivity index (χ1) is 11.3. The van der Waals surface area contributed by atoms with Gasteiger partial charge in [0.25, 0.3) is 0 Å². The molecule has 0 bridgehead atoms. The number of nitrogens with zero attached hydrogens (tertiary/aromatic N) is 3. The molecule has 23 heavy (non-hydrogen) atoms. The first kappa shape index (κ1) is 19.5. The van der Waals surface area contributed by atoms with Gasteiger partial charge in [0.1, 0.15) is 0 Å². The number of hydrogen-bond donors (Lipinski definition) is 2. The molecule has 1 atom stereocenters. The van der Waals surface area contributed by atoms with Crippen LogP contribution in [-0.2, 0) is 11.3 Å². The molecule has 6 heteroatoms. The summed E-state index contributed by atoms with van der Waals surface area (Å²) in [6.07, 6.45) is 7.13. The molecule has 0 aliphatic heterocycles. The van der Waals surface area contributed by atoms with Crippen LogP contribution in [0.1, 0.15) is 40.0 Å². The lowest BCUT2D eigenvalue weighted by atomic mass is 10.2. The molecule has 0 aliphatic rings. The van der Waals surface area contributed by atoms with Crippen LogP contribution in [0.15, 0.2) is 23.5 Å². The van der Waals surface area contributed by atoms with E-state index in [1.807, 2.05) is 23.1 Å². The molecule has 0 aliphatic carbocycles. The summed E-state index contributed by atoms with van der Waals surface area (Å²) in [6.45, 7) is 11.5. The van der Waals surface area contributed by atoms with E-state index in [1.54, 1.807) is 0 Å². The number of ether oxygens (including phenoxy) is 1. The van der Waals surface area contributed by atoms with Crippen LogP contribution in [-0.4, -0.2) is 48.6 Å². The normalized spacial score (nSPS) is 13.1. The summed E-state index contributed by atoms with van der Waals surface area (Å²) in [6, 6.07) is 1.95. The second-order valence-corrected chi connectivity index (χ2v) is 5.80. The third-order valence-electron chi connectivity index (χ3n) is 3.36. The second kappa shape index (κ2) is 12.9. The Morgan fingerprint density at radius 1 is 1.26 bits per heavy atom. The van der Waals surface area contributed by atoms with Crippen molar-refractivity contribution in [2.24, 2.45) is 10.9 Å². The summed E-state index contributed by atoms with van der Waals surface area (Å²) in [4.78, 5) is 4.65. The van der Waals surface area contributed by atoms with Crippen LogP contribution < -0.4 is 10.6 Å². The van der Waals surface area contributed by atoms with Gasteiger partial charge in [-0.15, -0.1) is 0 Å². The molecule has 1 rings (SSSR count). The molecule has 6 nitrogen and oxygen atoms in total. The predicted octanol–water partition coefficient (Wildman–Crippen LogP) is 2.28. The Balaban J connectivity index is 2.21. The summed E-state index contributed by atoms with van der Waals surface area (Å²) >= 11 is 0. The van der Waals surface area contributed by atoms with Gasteiger partial charge in [-0.2, -0.15) is 5.10 Å². The number of aliphatic imine (C=N–C) groups is 1. The van der Waals surface area contributed by atoms with Crippen molar-refractivity contribution >= 4 is 5.96 Å². The summed E-state index contributed by atoms with van der Waals surface area (Å²) in [5.41, 5.74) is 0. The molecular formula is C17H33N5O. The average molecular weight is 323 g/mol. The van der Waals surface area contributed by atoms with E-state index in [-0.39, 0.29) is 0 Å². The lowest BCUT2D eigenvalue weighted by Crippen LogP contribution is -2.38. The average Bonchev–Trinajstić information content (AvgIpc) is 3.04. The molecule has 2 N–H and O–H groups in total. The molecule has 0 spiro atoms. The molecule has 132 valence electrons. The van der Waals surface area contributed by atoms with Gasteiger partial charge in [0, 0.05) is 51.8 Å². The third kappa shape index (κ3) is 9.94. The Hall–Kier alpha value is -1.56. The fraction of sp³-hybridized carbons (Fsp3) is 0.765. The number of nitrogens with one attached hydrogen (secondary N) is 2. The van der Waals surface area contributed by atoms with Crippen LogP contribution >= 0.6 is 0 Å². The maximum absolute atomic E-state index is 5.56. The number of hydrogen-bond acceptors (Lipinski definition) is 3. The van der Waals surface area contributed by atoms with Crippen molar-refractivity contribution in [3.05, 3.63) is 18.5 Å². The molecule has 0 radical (unpaired) electrons. The molecule has 1 aromatic heterocycles. The highest BCUT2D eigenvalue weighted by atomic mass is 16.5. The topological polar surface area (TPSA) is 63.5 Å². The van der Waals surface area contributed by atoms with Crippen LogP contribution in [0.25, 0.3) is 0 Å². The van der Waals surface area contributed by atoms with Gasteiger partial charge in [-0.3, -0.25) is 9.67 Å². The first-order valence-corrected chi connectivity index (χ1v) is 8.83. The monoisotopic (exact) mass is 323 g/mol. The van der Waals surface area contributed by atoms with E-state index in [2.05, 4.69) is 41.5 Å². The van der Waals surface area contributed by atoms with E-state index in [0.717, 1.165) is 58.2 Å². The van der Waals surface area contributed by atoms with Gasteiger partial charge in [-0.1, -0.05) is 20.3 Å². The number of aromatic nitrogens is 2. The molecule has 1 unspecified atom stereocenters. The van der Waals surface area contributed by atoms with E-state index < -0.39 is 0 Å². The van der Waals surface area contributed by atoms with Gasteiger partial charge in [-0.05, 0) is 31.7 Å². The highest BCUT2D eigenvalue weighted by molar-refractivity contribution is 5.79. The van der Waals surface area contributed by atoms with Crippen molar-refractivity contribution in [2.75, 3.05) is 32.8 Å². The minimum absolute atomic E-state index is 0.447. The van der Waals surface area contributed by atoms with Crippen molar-refractivity contribution in [2.45, 2.75) is 46.6 Å². The predicted molar refractivity (Wildman–Crippen MR) is 95.7 cm³/mol. The van der Waals surface area contributed by atoms with Crippen molar-refractivity contribution < 1.29 is 4.74 Å². The minimum Gasteiger partial charge on any atom is -0.381 e. The highest BCUT2D eigenvalue weighted by Crippen LogP contribution is 2.00. The zero-order valence-corrected chi connectivity index (χ0v) is 14.9. The Kier molecular flexibility index (Phi) is 11.0. The molecule has 1 heterocycles. The van der Waals surface area contributed by atoms with Crippen molar-refractivity contribution in [1.29, 1.82) is 0 Å². The number of unbranched alkanes of at least 4 members (excludes halogenated alkanes) is 1. The standard InChI is InChI=1S/C17H33N5O/c1-4-6-12-23-13-8-9-19-17(18-5-2)20-14-16(3)15-22-11-7-10-21-22/h7,10-11,16H,4-6,8-9,12-15H2,1-3H3,(H2,18,19,20). The summed E-state index contributed by atoms with van der Waals surface area (Å²) in [5.74, 6) is 1.33. The van der Waals surface area contributed by atoms with Gasteiger partial charge in [-0.25, -0.2) is 0 Å². The summed E-state index contributed by atoms with van der Waals surface area (Å²) < 4.78 is 7.52. The molecule has 0 saturated carbocycles. The highest BCUT2D eigenvalue weighted by Gasteiger charge is 2.04. The van der Waals surface area contributed by atoms with E-state index in [1.165, 1.54) is 6.42 Å². The molecular weight excluding hydrogens is 290 g/mol. The zero-order valence-electron chi connectivity index (χ0n) is 14.9. The molecule has 0 aromatic carbocycles. The third-order valence-corrected chi connectivity index (χ3v) is 3.36. The van der Waals surface area contributed by atoms with Crippen LogP contribution in [0.4, 0.5) is 0 Å². The Bertz CT molecular complexity index is 405. The van der Waals surface area contributed by atoms with E-state index in [0.29, 0.717) is 5.92 Å². The van der Waals surface area contributed by atoms with Gasteiger partial charge >= 0.3 is 0 Å². The lowest BCUT2D eigenvalue weighted by molar-refractivity contribution is 0.129. The van der Waals surface area contributed by atoms with E-state index in [9.17, 15) is 0 Å². The van der Waals surface area contributed by atoms with Crippen LogP contribution in [0.5, 0.6) is 0 Å². The molecule has 0 fully saturated rings. The SMILES string of the molecule is CCCCOCCCNC(=NCC(C)Cn1cccn1)NCC. The summed E-state index contributed by atoms with van der Waals surface area (Å²) in [7, 11) is 0. The fourth-order valence-electron chi connectivity index (χ4n) is 2.10.